The molecule has 0 spiro atoms. The Balaban J connectivity index is 0.00000225. The lowest BCUT2D eigenvalue weighted by Crippen LogP contribution is -2.47. The molecule has 94 valence electrons. The summed E-state index contributed by atoms with van der Waals surface area (Å²) in [6.07, 6.45) is 0.809. The summed E-state index contributed by atoms with van der Waals surface area (Å²) in [5, 5.41) is 11.7. The zero-order valence-electron chi connectivity index (χ0n) is 9.74. The zero-order valence-corrected chi connectivity index (χ0v) is 10.6. The molecule has 4 N–H and O–H groups in total. The summed E-state index contributed by atoms with van der Waals surface area (Å²) in [5.41, 5.74) is 4.03. The molecule has 1 aliphatic heterocycles. The van der Waals surface area contributed by atoms with Crippen molar-refractivity contribution in [3.8, 4) is 0 Å². The van der Waals surface area contributed by atoms with Crippen molar-refractivity contribution >= 4 is 24.3 Å². The van der Waals surface area contributed by atoms with Crippen molar-refractivity contribution in [2.24, 2.45) is 11.7 Å². The van der Waals surface area contributed by atoms with Gasteiger partial charge in [-0.1, -0.05) is 0 Å². The Morgan fingerprint density at radius 3 is 2.50 bits per heavy atom. The molecule has 5 nitrogen and oxygen atoms in total. The molecule has 1 aliphatic rings. The fourth-order valence-corrected chi connectivity index (χ4v) is 1.96. The van der Waals surface area contributed by atoms with E-state index in [-0.39, 0.29) is 36.2 Å². The molecule has 2 atom stereocenters. The number of carbonyl (C=O) groups excluding carboxylic acids is 1. The molecule has 6 heteroatoms. The van der Waals surface area contributed by atoms with E-state index in [4.69, 9.17) is 10.8 Å². The second kappa shape index (κ2) is 4.59. The maximum Gasteiger partial charge on any atom is 0.323 e. The Kier molecular flexibility index (Phi) is 4.36. The van der Waals surface area contributed by atoms with Gasteiger partial charge in [-0.15, -0.1) is 12.4 Å². The maximum absolute atomic E-state index is 11.5. The van der Waals surface area contributed by atoms with Gasteiger partial charge in [0.05, 0.1) is 0 Å². The highest BCUT2D eigenvalue weighted by molar-refractivity contribution is 5.85. The number of halogens is 1. The topological polar surface area (TPSA) is 92.4 Å². The van der Waals surface area contributed by atoms with Crippen LogP contribution in [0.25, 0.3) is 0 Å². The van der Waals surface area contributed by atoms with Gasteiger partial charge in [0.25, 0.3) is 0 Å². The molecule has 1 saturated heterocycles. The number of carboxylic acid groups (broad SMARTS) is 1. The first-order chi connectivity index (χ1) is 6.64. The van der Waals surface area contributed by atoms with Crippen molar-refractivity contribution in [2.75, 3.05) is 0 Å². The Labute approximate surface area is 101 Å². The van der Waals surface area contributed by atoms with Crippen LogP contribution < -0.4 is 11.1 Å². The van der Waals surface area contributed by atoms with Crippen LogP contribution in [0.3, 0.4) is 0 Å². The van der Waals surface area contributed by atoms with Crippen molar-refractivity contribution in [3.63, 3.8) is 0 Å². The van der Waals surface area contributed by atoms with Crippen molar-refractivity contribution in [3.05, 3.63) is 0 Å². The number of hydrogen-bond donors (Lipinski definition) is 3. The monoisotopic (exact) mass is 250 g/mol. The van der Waals surface area contributed by atoms with Crippen LogP contribution in [0.5, 0.6) is 0 Å². The molecule has 0 aromatic carbocycles. The highest BCUT2D eigenvalue weighted by atomic mass is 35.5. The molecule has 0 saturated carbocycles. The van der Waals surface area contributed by atoms with E-state index in [0.717, 1.165) is 0 Å². The van der Waals surface area contributed by atoms with Crippen molar-refractivity contribution in [1.82, 2.24) is 5.32 Å². The number of amides is 1. The summed E-state index contributed by atoms with van der Waals surface area (Å²) in [5.74, 6) is -1.47. The molecule has 0 bridgehead atoms. The van der Waals surface area contributed by atoms with Gasteiger partial charge in [-0.3, -0.25) is 9.59 Å². The van der Waals surface area contributed by atoms with Crippen molar-refractivity contribution < 1.29 is 14.7 Å². The van der Waals surface area contributed by atoms with Crippen LogP contribution in [0, 0.1) is 5.92 Å². The maximum atomic E-state index is 11.5. The molecule has 1 fully saturated rings. The van der Waals surface area contributed by atoms with Gasteiger partial charge >= 0.3 is 5.97 Å². The minimum Gasteiger partial charge on any atom is -0.480 e. The fourth-order valence-electron chi connectivity index (χ4n) is 1.96. The molecular weight excluding hydrogens is 232 g/mol. The quantitative estimate of drug-likeness (QED) is 0.681. The van der Waals surface area contributed by atoms with Crippen molar-refractivity contribution in [2.45, 2.75) is 44.7 Å². The molecule has 2 unspecified atom stereocenters. The second-order valence-corrected chi connectivity index (χ2v) is 5.20. The lowest BCUT2D eigenvalue weighted by molar-refractivity contribution is -0.143. The van der Waals surface area contributed by atoms with E-state index in [0.29, 0.717) is 6.42 Å². The van der Waals surface area contributed by atoms with Gasteiger partial charge in [0, 0.05) is 11.5 Å². The summed E-state index contributed by atoms with van der Waals surface area (Å²) in [6, 6.07) is 0. The average molecular weight is 251 g/mol. The molecule has 1 heterocycles. The summed E-state index contributed by atoms with van der Waals surface area (Å²) in [4.78, 5) is 22.4. The standard InChI is InChI=1S/C10H18N2O3.ClH/c1-9(2)4-6(7(13)12-9)5-10(3,11)8(14)15;/h6H,4-5,11H2,1-3H3,(H,12,13)(H,14,15);1H. The summed E-state index contributed by atoms with van der Waals surface area (Å²) in [6.45, 7) is 5.27. The van der Waals surface area contributed by atoms with E-state index in [9.17, 15) is 9.59 Å². The van der Waals surface area contributed by atoms with E-state index < -0.39 is 11.5 Å². The van der Waals surface area contributed by atoms with Gasteiger partial charge in [-0.25, -0.2) is 0 Å². The summed E-state index contributed by atoms with van der Waals surface area (Å²) in [7, 11) is 0. The lowest BCUT2D eigenvalue weighted by Gasteiger charge is -2.22. The number of nitrogens with two attached hydrogens (primary N) is 1. The molecular formula is C10H19ClN2O3. The summed E-state index contributed by atoms with van der Waals surface area (Å²) >= 11 is 0. The predicted molar refractivity (Wildman–Crippen MR) is 62.4 cm³/mol. The average Bonchev–Trinajstić information content (AvgIpc) is 2.23. The van der Waals surface area contributed by atoms with Crippen LogP contribution in [-0.2, 0) is 9.59 Å². The first kappa shape index (κ1) is 15.2. The minimum atomic E-state index is -1.33. The molecule has 0 aromatic rings. The predicted octanol–water partition coefficient (Wildman–Crippen LogP) is 0.515. The van der Waals surface area contributed by atoms with Crippen LogP contribution in [0.4, 0.5) is 0 Å². The molecule has 1 rings (SSSR count). The number of carbonyl (C=O) groups is 2. The highest BCUT2D eigenvalue weighted by Gasteiger charge is 2.42. The Hall–Kier alpha value is -0.810. The van der Waals surface area contributed by atoms with Crippen LogP contribution in [0.1, 0.15) is 33.6 Å². The number of aliphatic carboxylic acids is 1. The first-order valence-corrected chi connectivity index (χ1v) is 4.98. The first-order valence-electron chi connectivity index (χ1n) is 4.98. The third-order valence-corrected chi connectivity index (χ3v) is 2.75. The normalized spacial score (nSPS) is 26.5. The number of rotatable bonds is 3. The molecule has 0 aliphatic carbocycles. The van der Waals surface area contributed by atoms with Gasteiger partial charge in [-0.2, -0.15) is 0 Å². The minimum absolute atomic E-state index is 0. The van der Waals surface area contributed by atoms with Crippen LogP contribution in [0.2, 0.25) is 0 Å². The molecule has 1 amide bonds. The van der Waals surface area contributed by atoms with Crippen LogP contribution in [0.15, 0.2) is 0 Å². The lowest BCUT2D eigenvalue weighted by atomic mass is 9.86. The van der Waals surface area contributed by atoms with Gasteiger partial charge in [0.1, 0.15) is 5.54 Å². The van der Waals surface area contributed by atoms with Gasteiger partial charge in [0.15, 0.2) is 0 Å². The smallest absolute Gasteiger partial charge is 0.323 e. The number of hydrogen-bond acceptors (Lipinski definition) is 3. The number of carboxylic acids is 1. The third kappa shape index (κ3) is 3.35. The molecule has 0 aromatic heterocycles. The third-order valence-electron chi connectivity index (χ3n) is 2.75. The van der Waals surface area contributed by atoms with E-state index in [1.165, 1.54) is 6.92 Å². The largest absolute Gasteiger partial charge is 0.480 e. The van der Waals surface area contributed by atoms with E-state index in [1.807, 2.05) is 13.8 Å². The van der Waals surface area contributed by atoms with Crippen molar-refractivity contribution in [1.29, 1.82) is 0 Å². The van der Waals surface area contributed by atoms with E-state index >= 15 is 0 Å². The zero-order chi connectivity index (χ0) is 11.9. The summed E-state index contributed by atoms with van der Waals surface area (Å²) < 4.78 is 0. The second-order valence-electron chi connectivity index (χ2n) is 5.20. The molecule has 0 radical (unpaired) electrons. The molecule has 16 heavy (non-hydrogen) atoms. The Bertz CT molecular complexity index is 302. The Morgan fingerprint density at radius 2 is 2.19 bits per heavy atom. The number of nitrogens with one attached hydrogen (secondary N) is 1. The van der Waals surface area contributed by atoms with E-state index in [2.05, 4.69) is 5.32 Å². The van der Waals surface area contributed by atoms with Crippen LogP contribution >= 0.6 is 12.4 Å². The highest BCUT2D eigenvalue weighted by Crippen LogP contribution is 2.29. The van der Waals surface area contributed by atoms with Gasteiger partial charge in [0.2, 0.25) is 5.91 Å². The van der Waals surface area contributed by atoms with Gasteiger partial charge < -0.3 is 16.2 Å². The van der Waals surface area contributed by atoms with E-state index in [1.54, 1.807) is 0 Å². The SMILES string of the molecule is CC1(C)CC(CC(C)(N)C(=O)O)C(=O)N1.Cl. The van der Waals surface area contributed by atoms with Crippen LogP contribution in [-0.4, -0.2) is 28.1 Å². The fraction of sp³-hybridized carbons (Fsp3) is 0.800. The Morgan fingerprint density at radius 1 is 1.69 bits per heavy atom. The van der Waals surface area contributed by atoms with Gasteiger partial charge in [-0.05, 0) is 33.6 Å².